The molecule has 0 aliphatic rings. The normalized spacial score (nSPS) is 11.2. The molecule has 0 saturated carbocycles. The Kier molecular flexibility index (Phi) is 6.01. The molecule has 1 aromatic heterocycles. The average Bonchev–Trinajstić information content (AvgIpc) is 2.92. The van der Waals surface area contributed by atoms with Crippen LogP contribution in [-0.2, 0) is 0 Å². The van der Waals surface area contributed by atoms with E-state index in [-0.39, 0.29) is 0 Å². The van der Waals surface area contributed by atoms with E-state index in [4.69, 9.17) is 0 Å². The Morgan fingerprint density at radius 3 is 2.80 bits per heavy atom. The van der Waals surface area contributed by atoms with Crippen LogP contribution in [-0.4, -0.2) is 39.0 Å². The third kappa shape index (κ3) is 4.61. The van der Waals surface area contributed by atoms with Gasteiger partial charge < -0.3 is 5.32 Å². The van der Waals surface area contributed by atoms with Crippen molar-refractivity contribution in [2.45, 2.75) is 25.4 Å². The number of rotatable bonds is 8. The Labute approximate surface area is 124 Å². The van der Waals surface area contributed by atoms with Gasteiger partial charge in [-0.1, -0.05) is 43.8 Å². The molecular weight excluding hydrogens is 270 g/mol. The molecule has 1 aromatic carbocycles. The minimum Gasteiger partial charge on any atom is -0.316 e. The van der Waals surface area contributed by atoms with E-state index in [9.17, 15) is 0 Å². The molecule has 0 fully saturated rings. The average molecular weight is 291 g/mol. The van der Waals surface area contributed by atoms with E-state index >= 15 is 0 Å². The van der Waals surface area contributed by atoms with E-state index in [1.54, 1.807) is 16.4 Å². The van der Waals surface area contributed by atoms with Crippen molar-refractivity contribution in [2.75, 3.05) is 18.8 Å². The summed E-state index contributed by atoms with van der Waals surface area (Å²) in [6.07, 6.45) is 1.11. The molecule has 2 aromatic rings. The lowest BCUT2D eigenvalue weighted by Gasteiger charge is -2.07. The molecule has 0 unspecified atom stereocenters. The first-order chi connectivity index (χ1) is 9.77. The summed E-state index contributed by atoms with van der Waals surface area (Å²) in [4.78, 5) is 0. The van der Waals surface area contributed by atoms with Crippen LogP contribution in [0.25, 0.3) is 5.69 Å². The molecule has 0 bridgehead atoms. The predicted octanol–water partition coefficient (Wildman–Crippen LogP) is 2.39. The number of nitrogens with one attached hydrogen (secondary N) is 1. The molecule has 0 aliphatic heterocycles. The Hall–Kier alpha value is -1.40. The summed E-state index contributed by atoms with van der Waals surface area (Å²) in [7, 11) is 0. The van der Waals surface area contributed by atoms with Gasteiger partial charge in [0.25, 0.3) is 0 Å². The van der Waals surface area contributed by atoms with Gasteiger partial charge in [-0.15, -0.1) is 5.10 Å². The van der Waals surface area contributed by atoms with Crippen molar-refractivity contribution in [1.29, 1.82) is 0 Å². The minimum absolute atomic E-state index is 0.702. The van der Waals surface area contributed by atoms with Crippen LogP contribution in [0.3, 0.4) is 0 Å². The van der Waals surface area contributed by atoms with E-state index in [0.717, 1.165) is 36.1 Å². The Morgan fingerprint density at radius 2 is 2.05 bits per heavy atom. The predicted molar refractivity (Wildman–Crippen MR) is 82.2 cm³/mol. The minimum atomic E-state index is 0.702. The van der Waals surface area contributed by atoms with E-state index in [1.807, 2.05) is 30.3 Å². The standard InChI is InChI=1S/C14H21N5S/c1-12(2)11-15-9-6-10-20-14-16-17-18-19(14)13-7-4-3-5-8-13/h3-5,7-8,12,15H,6,9-11H2,1-2H3. The lowest BCUT2D eigenvalue weighted by atomic mass is 10.2. The van der Waals surface area contributed by atoms with Crippen molar-refractivity contribution in [3.8, 4) is 5.69 Å². The number of para-hydroxylation sites is 1. The van der Waals surface area contributed by atoms with Gasteiger partial charge in [-0.25, -0.2) is 0 Å². The molecule has 0 aliphatic carbocycles. The second kappa shape index (κ2) is 8.01. The van der Waals surface area contributed by atoms with Crippen molar-refractivity contribution in [3.05, 3.63) is 30.3 Å². The van der Waals surface area contributed by atoms with E-state index in [2.05, 4.69) is 34.7 Å². The highest BCUT2D eigenvalue weighted by molar-refractivity contribution is 7.99. The van der Waals surface area contributed by atoms with Crippen molar-refractivity contribution in [2.24, 2.45) is 5.92 Å². The van der Waals surface area contributed by atoms with Crippen molar-refractivity contribution < 1.29 is 0 Å². The molecule has 1 N–H and O–H groups in total. The van der Waals surface area contributed by atoms with Crippen molar-refractivity contribution in [1.82, 2.24) is 25.5 Å². The highest BCUT2D eigenvalue weighted by Gasteiger charge is 2.07. The molecule has 2 rings (SSSR count). The molecule has 6 heteroatoms. The second-order valence-electron chi connectivity index (χ2n) is 5.01. The fraction of sp³-hybridized carbons (Fsp3) is 0.500. The Bertz CT molecular complexity index is 497. The fourth-order valence-corrected chi connectivity index (χ4v) is 2.58. The summed E-state index contributed by atoms with van der Waals surface area (Å²) < 4.78 is 1.78. The van der Waals surface area contributed by atoms with Gasteiger partial charge in [0, 0.05) is 5.75 Å². The summed E-state index contributed by atoms with van der Waals surface area (Å²) in [6.45, 7) is 6.55. The Balaban J connectivity index is 1.78. The van der Waals surface area contributed by atoms with Crippen LogP contribution in [0.15, 0.2) is 35.5 Å². The first kappa shape index (κ1) is 15.0. The zero-order valence-electron chi connectivity index (χ0n) is 12.0. The van der Waals surface area contributed by atoms with Gasteiger partial charge in [-0.3, -0.25) is 0 Å². The zero-order chi connectivity index (χ0) is 14.2. The van der Waals surface area contributed by atoms with E-state index in [1.165, 1.54) is 0 Å². The van der Waals surface area contributed by atoms with Gasteiger partial charge in [0.05, 0.1) is 5.69 Å². The maximum absolute atomic E-state index is 4.08. The fourth-order valence-electron chi connectivity index (χ4n) is 1.75. The van der Waals surface area contributed by atoms with Crippen LogP contribution in [0.5, 0.6) is 0 Å². The molecule has 0 amide bonds. The van der Waals surface area contributed by atoms with Crippen molar-refractivity contribution in [3.63, 3.8) is 0 Å². The number of hydrogen-bond acceptors (Lipinski definition) is 5. The van der Waals surface area contributed by atoms with Gasteiger partial charge >= 0.3 is 0 Å². The molecule has 0 spiro atoms. The number of hydrogen-bond donors (Lipinski definition) is 1. The van der Waals surface area contributed by atoms with Crippen LogP contribution in [0.2, 0.25) is 0 Å². The quantitative estimate of drug-likeness (QED) is 0.598. The molecule has 108 valence electrons. The molecule has 0 saturated heterocycles. The molecule has 0 radical (unpaired) electrons. The summed E-state index contributed by atoms with van der Waals surface area (Å²) >= 11 is 1.69. The number of benzene rings is 1. The molecule has 1 heterocycles. The number of thioether (sulfide) groups is 1. The lowest BCUT2D eigenvalue weighted by molar-refractivity contribution is 0.551. The van der Waals surface area contributed by atoms with Gasteiger partial charge in [0.15, 0.2) is 0 Å². The van der Waals surface area contributed by atoms with Crippen LogP contribution < -0.4 is 5.32 Å². The topological polar surface area (TPSA) is 55.6 Å². The molecule has 20 heavy (non-hydrogen) atoms. The van der Waals surface area contributed by atoms with Gasteiger partial charge in [-0.2, -0.15) is 4.68 Å². The monoisotopic (exact) mass is 291 g/mol. The van der Waals surface area contributed by atoms with E-state index in [0.29, 0.717) is 5.92 Å². The third-order valence-electron chi connectivity index (χ3n) is 2.72. The third-order valence-corrected chi connectivity index (χ3v) is 3.73. The maximum atomic E-state index is 4.08. The van der Waals surface area contributed by atoms with E-state index < -0.39 is 0 Å². The summed E-state index contributed by atoms with van der Waals surface area (Å²) in [6, 6.07) is 9.97. The van der Waals surface area contributed by atoms with Crippen LogP contribution in [0, 0.1) is 5.92 Å². The lowest BCUT2D eigenvalue weighted by Crippen LogP contribution is -2.21. The SMILES string of the molecule is CC(C)CNCCCSc1nnnn1-c1ccccc1. The smallest absolute Gasteiger partial charge is 0.214 e. The number of nitrogens with zero attached hydrogens (tertiary/aromatic N) is 4. The number of aromatic nitrogens is 4. The Morgan fingerprint density at radius 1 is 1.25 bits per heavy atom. The van der Waals surface area contributed by atoms with Crippen LogP contribution in [0.1, 0.15) is 20.3 Å². The molecule has 5 nitrogen and oxygen atoms in total. The van der Waals surface area contributed by atoms with Gasteiger partial charge in [-0.05, 0) is 48.0 Å². The summed E-state index contributed by atoms with van der Waals surface area (Å²) in [5.41, 5.74) is 0.998. The first-order valence-electron chi connectivity index (χ1n) is 6.94. The summed E-state index contributed by atoms with van der Waals surface area (Å²) in [5.74, 6) is 1.71. The van der Waals surface area contributed by atoms with Gasteiger partial charge in [0.1, 0.15) is 0 Å². The molecule has 0 atom stereocenters. The van der Waals surface area contributed by atoms with Gasteiger partial charge in [0.2, 0.25) is 5.16 Å². The van der Waals surface area contributed by atoms with Crippen LogP contribution >= 0.6 is 11.8 Å². The largest absolute Gasteiger partial charge is 0.316 e. The molecular formula is C14H21N5S. The highest BCUT2D eigenvalue weighted by atomic mass is 32.2. The summed E-state index contributed by atoms with van der Waals surface area (Å²) in [5, 5.41) is 16.2. The van der Waals surface area contributed by atoms with Crippen LogP contribution in [0.4, 0.5) is 0 Å². The highest BCUT2D eigenvalue weighted by Crippen LogP contribution is 2.18. The first-order valence-corrected chi connectivity index (χ1v) is 7.93. The zero-order valence-corrected chi connectivity index (χ0v) is 12.8. The second-order valence-corrected chi connectivity index (χ2v) is 6.07. The number of tetrazole rings is 1. The maximum Gasteiger partial charge on any atom is 0.214 e. The van der Waals surface area contributed by atoms with Crippen molar-refractivity contribution >= 4 is 11.8 Å².